The van der Waals surface area contributed by atoms with Crippen molar-refractivity contribution in [3.63, 3.8) is 0 Å². The third-order valence-electron chi connectivity index (χ3n) is 5.77. The summed E-state index contributed by atoms with van der Waals surface area (Å²) in [7, 11) is 0. The summed E-state index contributed by atoms with van der Waals surface area (Å²) in [4.78, 5) is 36.3. The van der Waals surface area contributed by atoms with Gasteiger partial charge in [0.1, 0.15) is 11.8 Å². The molecule has 0 radical (unpaired) electrons. The molecule has 0 aliphatic carbocycles. The van der Waals surface area contributed by atoms with E-state index < -0.39 is 30.2 Å². The van der Waals surface area contributed by atoms with Crippen LogP contribution in [0, 0.1) is 5.92 Å². The van der Waals surface area contributed by atoms with E-state index in [9.17, 15) is 19.5 Å². The first kappa shape index (κ1) is 21.7. The van der Waals surface area contributed by atoms with E-state index >= 15 is 0 Å². The molecule has 154 valence electrons. The van der Waals surface area contributed by atoms with Gasteiger partial charge in [0, 0.05) is 19.5 Å². The first-order valence-electron chi connectivity index (χ1n) is 9.44. The Hall–Kier alpha value is -2.61. The molecule has 1 aliphatic rings. The van der Waals surface area contributed by atoms with E-state index in [1.165, 1.54) is 0 Å². The minimum Gasteiger partial charge on any atom is -0.508 e. The van der Waals surface area contributed by atoms with Crippen LogP contribution in [0.5, 0.6) is 5.75 Å². The standard InChI is InChI=1S/C20H29N3O5/c1-13-12-23(8-6-18(26)22-16(19(27)28)11-17(21)25)9-7-20(13,2)14-4-3-5-15(24)10-14/h3-5,10,13,16,24H,6-9,11-12H2,1-2H3,(H2,21,25)(H,22,26)(H,27,28)/t13-,16-,20+/m0/s1. The van der Waals surface area contributed by atoms with Crippen molar-refractivity contribution in [2.75, 3.05) is 19.6 Å². The fourth-order valence-corrected chi connectivity index (χ4v) is 3.74. The molecule has 1 aromatic carbocycles. The quantitative estimate of drug-likeness (QED) is 0.519. The average molecular weight is 391 g/mol. The molecule has 0 spiro atoms. The second-order valence-electron chi connectivity index (χ2n) is 7.80. The maximum Gasteiger partial charge on any atom is 0.326 e. The second-order valence-corrected chi connectivity index (χ2v) is 7.80. The molecule has 0 saturated carbocycles. The third-order valence-corrected chi connectivity index (χ3v) is 5.77. The van der Waals surface area contributed by atoms with Crippen molar-refractivity contribution in [3.05, 3.63) is 29.8 Å². The van der Waals surface area contributed by atoms with Gasteiger partial charge in [-0.25, -0.2) is 4.79 Å². The van der Waals surface area contributed by atoms with E-state index in [-0.39, 0.29) is 17.6 Å². The van der Waals surface area contributed by atoms with Crippen LogP contribution in [0.2, 0.25) is 0 Å². The fourth-order valence-electron chi connectivity index (χ4n) is 3.74. The lowest BCUT2D eigenvalue weighted by Gasteiger charge is -2.45. The minimum absolute atomic E-state index is 0.0621. The smallest absolute Gasteiger partial charge is 0.326 e. The van der Waals surface area contributed by atoms with Crippen LogP contribution in [0.15, 0.2) is 24.3 Å². The van der Waals surface area contributed by atoms with Crippen molar-refractivity contribution in [2.45, 2.75) is 44.6 Å². The molecule has 1 aliphatic heterocycles. The number of hydrogen-bond donors (Lipinski definition) is 4. The third kappa shape index (κ3) is 5.45. The van der Waals surface area contributed by atoms with Gasteiger partial charge >= 0.3 is 5.97 Å². The summed E-state index contributed by atoms with van der Waals surface area (Å²) in [5.74, 6) is -1.89. The molecule has 2 rings (SSSR count). The predicted octanol–water partition coefficient (Wildman–Crippen LogP) is 0.827. The number of carbonyl (C=O) groups is 3. The zero-order chi connectivity index (χ0) is 20.9. The van der Waals surface area contributed by atoms with Gasteiger partial charge in [-0.3, -0.25) is 9.59 Å². The Morgan fingerprint density at radius 3 is 2.68 bits per heavy atom. The number of rotatable bonds is 8. The molecule has 8 heteroatoms. The number of carbonyl (C=O) groups excluding carboxylic acids is 2. The highest BCUT2D eigenvalue weighted by atomic mass is 16.4. The number of nitrogens with one attached hydrogen (secondary N) is 1. The minimum atomic E-state index is -1.29. The van der Waals surface area contributed by atoms with Crippen LogP contribution >= 0.6 is 0 Å². The molecule has 1 fully saturated rings. The van der Waals surface area contributed by atoms with E-state index in [1.807, 2.05) is 18.2 Å². The summed E-state index contributed by atoms with van der Waals surface area (Å²) in [5.41, 5.74) is 6.06. The number of likely N-dealkylation sites (tertiary alicyclic amines) is 1. The van der Waals surface area contributed by atoms with Gasteiger partial charge in [-0.2, -0.15) is 0 Å². The summed E-state index contributed by atoms with van der Waals surface area (Å²) >= 11 is 0. The maximum atomic E-state index is 12.1. The number of aromatic hydroxyl groups is 1. The topological polar surface area (TPSA) is 133 Å². The SMILES string of the molecule is C[C@H]1CN(CCC(=O)N[C@@H](CC(N)=O)C(=O)O)CC[C@@]1(C)c1cccc(O)c1. The summed E-state index contributed by atoms with van der Waals surface area (Å²) in [6.45, 7) is 6.45. The lowest BCUT2D eigenvalue weighted by atomic mass is 9.68. The van der Waals surface area contributed by atoms with Crippen LogP contribution < -0.4 is 11.1 Å². The molecule has 0 unspecified atom stereocenters. The molecule has 1 aromatic rings. The average Bonchev–Trinajstić information content (AvgIpc) is 2.61. The molecular formula is C20H29N3O5. The van der Waals surface area contributed by atoms with Gasteiger partial charge in [-0.15, -0.1) is 0 Å². The van der Waals surface area contributed by atoms with Crippen LogP contribution in [0.3, 0.4) is 0 Å². The number of carboxylic acids is 1. The van der Waals surface area contributed by atoms with E-state index in [1.54, 1.807) is 6.07 Å². The number of nitrogens with two attached hydrogens (primary N) is 1. The van der Waals surface area contributed by atoms with Crippen molar-refractivity contribution >= 4 is 17.8 Å². The first-order chi connectivity index (χ1) is 13.1. The number of benzene rings is 1. The molecule has 0 aromatic heterocycles. The van der Waals surface area contributed by atoms with E-state index in [4.69, 9.17) is 10.8 Å². The molecule has 1 saturated heterocycles. The molecule has 2 amide bonds. The summed E-state index contributed by atoms with van der Waals surface area (Å²) in [6, 6.07) is 6.06. The van der Waals surface area contributed by atoms with E-state index in [0.717, 1.165) is 25.1 Å². The molecule has 8 nitrogen and oxygen atoms in total. The van der Waals surface area contributed by atoms with Crippen molar-refractivity contribution in [1.29, 1.82) is 0 Å². The first-order valence-corrected chi connectivity index (χ1v) is 9.44. The second kappa shape index (κ2) is 9.05. The van der Waals surface area contributed by atoms with Gasteiger partial charge < -0.3 is 26.2 Å². The number of piperidine rings is 1. The van der Waals surface area contributed by atoms with Crippen LogP contribution in [-0.4, -0.2) is 58.6 Å². The van der Waals surface area contributed by atoms with Crippen LogP contribution in [0.1, 0.15) is 38.7 Å². The predicted molar refractivity (Wildman–Crippen MR) is 104 cm³/mol. The number of amides is 2. The van der Waals surface area contributed by atoms with Crippen molar-refractivity contribution in [3.8, 4) is 5.75 Å². The highest BCUT2D eigenvalue weighted by Gasteiger charge is 2.38. The highest BCUT2D eigenvalue weighted by molar-refractivity contribution is 5.88. The van der Waals surface area contributed by atoms with Crippen molar-refractivity contribution in [2.24, 2.45) is 11.7 Å². The number of phenolic OH excluding ortho intramolecular Hbond substituents is 1. The van der Waals surface area contributed by atoms with Gasteiger partial charge in [0.15, 0.2) is 0 Å². The van der Waals surface area contributed by atoms with Gasteiger partial charge in [0.25, 0.3) is 0 Å². The van der Waals surface area contributed by atoms with E-state index in [2.05, 4.69) is 24.1 Å². The fraction of sp³-hybridized carbons (Fsp3) is 0.550. The number of nitrogens with zero attached hydrogens (tertiary/aromatic N) is 1. The van der Waals surface area contributed by atoms with Gasteiger partial charge in [-0.1, -0.05) is 26.0 Å². The van der Waals surface area contributed by atoms with Gasteiger partial charge in [0.05, 0.1) is 6.42 Å². The number of hydrogen-bond acceptors (Lipinski definition) is 5. The number of aliphatic carboxylic acids is 1. The molecule has 28 heavy (non-hydrogen) atoms. The lowest BCUT2D eigenvalue weighted by Crippen LogP contribution is -2.49. The molecule has 3 atom stereocenters. The highest BCUT2D eigenvalue weighted by Crippen LogP contribution is 2.40. The van der Waals surface area contributed by atoms with Crippen molar-refractivity contribution in [1.82, 2.24) is 10.2 Å². The van der Waals surface area contributed by atoms with Gasteiger partial charge in [0.2, 0.25) is 11.8 Å². The van der Waals surface area contributed by atoms with Crippen LogP contribution in [0.4, 0.5) is 0 Å². The van der Waals surface area contributed by atoms with Crippen LogP contribution in [-0.2, 0) is 19.8 Å². The summed E-state index contributed by atoms with van der Waals surface area (Å²) in [5, 5.41) is 21.2. The molecular weight excluding hydrogens is 362 g/mol. The largest absolute Gasteiger partial charge is 0.508 e. The molecule has 0 bridgehead atoms. The molecule has 5 N–H and O–H groups in total. The van der Waals surface area contributed by atoms with Crippen molar-refractivity contribution < 1.29 is 24.6 Å². The maximum absolute atomic E-state index is 12.1. The zero-order valence-corrected chi connectivity index (χ0v) is 16.4. The Morgan fingerprint density at radius 1 is 1.39 bits per heavy atom. The molecule has 1 heterocycles. The Labute approximate surface area is 164 Å². The zero-order valence-electron chi connectivity index (χ0n) is 16.4. The Balaban J connectivity index is 1.88. The Bertz CT molecular complexity index is 738. The van der Waals surface area contributed by atoms with E-state index in [0.29, 0.717) is 12.5 Å². The lowest BCUT2D eigenvalue weighted by molar-refractivity contribution is -0.143. The van der Waals surface area contributed by atoms with Gasteiger partial charge in [-0.05, 0) is 42.0 Å². The Kier molecular flexibility index (Phi) is 7.01. The normalized spacial score (nSPS) is 23.7. The number of phenols is 1. The Morgan fingerprint density at radius 2 is 2.11 bits per heavy atom. The number of carboxylic acid groups (broad SMARTS) is 1. The monoisotopic (exact) mass is 391 g/mol. The number of primary amides is 1. The summed E-state index contributed by atoms with van der Waals surface area (Å²) in [6.07, 6.45) is 0.612. The van der Waals surface area contributed by atoms with Crippen LogP contribution in [0.25, 0.3) is 0 Å². The summed E-state index contributed by atoms with van der Waals surface area (Å²) < 4.78 is 0.